The molecular weight excluding hydrogens is 368 g/mol. The Hall–Kier alpha value is -1.81. The highest BCUT2D eigenvalue weighted by atomic mass is 79.9. The van der Waals surface area contributed by atoms with Gasteiger partial charge >= 0.3 is 5.97 Å². The van der Waals surface area contributed by atoms with Crippen LogP contribution < -0.4 is 9.47 Å². The van der Waals surface area contributed by atoms with Crippen LogP contribution in [0.4, 0.5) is 0 Å². The fraction of sp³-hybridized carbons (Fsp3) is 0.350. The Morgan fingerprint density at radius 1 is 1.08 bits per heavy atom. The predicted molar refractivity (Wildman–Crippen MR) is 99.8 cm³/mol. The van der Waals surface area contributed by atoms with Crippen LogP contribution in [-0.2, 0) is 4.79 Å². The van der Waals surface area contributed by atoms with Gasteiger partial charge in [0.05, 0.1) is 6.61 Å². The van der Waals surface area contributed by atoms with Crippen molar-refractivity contribution in [2.24, 2.45) is 0 Å². The molecule has 0 saturated carbocycles. The first-order valence-corrected chi connectivity index (χ1v) is 8.94. The molecule has 0 N–H and O–H groups in total. The number of halogens is 1. The number of esters is 1. The largest absolute Gasteiger partial charge is 0.494 e. The molecule has 0 aliphatic rings. The van der Waals surface area contributed by atoms with Crippen molar-refractivity contribution in [2.45, 2.75) is 39.5 Å². The smallest absolute Gasteiger partial charge is 0.311 e. The van der Waals surface area contributed by atoms with Crippen molar-refractivity contribution in [3.63, 3.8) is 0 Å². The van der Waals surface area contributed by atoms with Gasteiger partial charge in [-0.1, -0.05) is 35.8 Å². The Morgan fingerprint density at radius 2 is 1.75 bits per heavy atom. The van der Waals surface area contributed by atoms with E-state index in [2.05, 4.69) is 48.8 Å². The highest BCUT2D eigenvalue weighted by Gasteiger charge is 2.07. The molecule has 2 aromatic rings. The first-order chi connectivity index (χ1) is 11.5. The molecule has 0 spiro atoms. The van der Waals surface area contributed by atoms with E-state index >= 15 is 0 Å². The van der Waals surface area contributed by atoms with Crippen molar-refractivity contribution < 1.29 is 14.3 Å². The molecule has 2 aromatic carbocycles. The Labute approximate surface area is 152 Å². The summed E-state index contributed by atoms with van der Waals surface area (Å²) in [7, 11) is 0. The summed E-state index contributed by atoms with van der Waals surface area (Å²) < 4.78 is 11.9. The van der Waals surface area contributed by atoms with Gasteiger partial charge in [-0.3, -0.25) is 4.79 Å². The lowest BCUT2D eigenvalue weighted by Gasteiger charge is -2.12. The molecule has 0 amide bonds. The number of ether oxygens (including phenoxy) is 2. The minimum atomic E-state index is -0.243. The highest BCUT2D eigenvalue weighted by Crippen LogP contribution is 2.23. The molecular formula is C20H23BrO3. The van der Waals surface area contributed by atoms with Gasteiger partial charge < -0.3 is 9.47 Å². The van der Waals surface area contributed by atoms with E-state index in [1.165, 1.54) is 11.1 Å². The van der Waals surface area contributed by atoms with Crippen LogP contribution in [0.25, 0.3) is 0 Å². The second-order valence-corrected chi connectivity index (χ2v) is 6.97. The van der Waals surface area contributed by atoms with Crippen molar-refractivity contribution in [2.75, 3.05) is 6.61 Å². The average molecular weight is 391 g/mol. The predicted octanol–water partition coefficient (Wildman–Crippen LogP) is 5.65. The standard InChI is InChI=1S/C20H23BrO3/c1-14(2)19-11-10-18(13-15(19)3)23-12-4-5-20(22)24-17-8-6-16(21)7-9-17/h6-11,13-14H,4-5,12H2,1-3H3. The van der Waals surface area contributed by atoms with E-state index in [0.29, 0.717) is 31.1 Å². The molecule has 128 valence electrons. The summed E-state index contributed by atoms with van der Waals surface area (Å²) in [5.41, 5.74) is 2.57. The summed E-state index contributed by atoms with van der Waals surface area (Å²) in [5, 5.41) is 0. The maximum absolute atomic E-state index is 11.8. The van der Waals surface area contributed by atoms with E-state index in [1.54, 1.807) is 12.1 Å². The quantitative estimate of drug-likeness (QED) is 0.348. The third kappa shape index (κ3) is 5.68. The van der Waals surface area contributed by atoms with E-state index in [1.807, 2.05) is 18.2 Å². The number of rotatable bonds is 7. The van der Waals surface area contributed by atoms with Crippen LogP contribution in [0.2, 0.25) is 0 Å². The molecule has 0 heterocycles. The topological polar surface area (TPSA) is 35.5 Å². The number of carbonyl (C=O) groups excluding carboxylic acids is 1. The van der Waals surface area contributed by atoms with Crippen LogP contribution in [-0.4, -0.2) is 12.6 Å². The molecule has 0 aliphatic heterocycles. The Bertz CT molecular complexity index is 678. The molecule has 0 atom stereocenters. The van der Waals surface area contributed by atoms with Crippen molar-refractivity contribution in [3.05, 3.63) is 58.1 Å². The van der Waals surface area contributed by atoms with E-state index < -0.39 is 0 Å². The molecule has 4 heteroatoms. The zero-order valence-corrected chi connectivity index (χ0v) is 15.9. The zero-order chi connectivity index (χ0) is 17.5. The lowest BCUT2D eigenvalue weighted by atomic mass is 9.98. The van der Waals surface area contributed by atoms with Crippen molar-refractivity contribution in [1.29, 1.82) is 0 Å². The first kappa shape index (κ1) is 18.5. The molecule has 24 heavy (non-hydrogen) atoms. The summed E-state index contributed by atoms with van der Waals surface area (Å²) >= 11 is 3.35. The molecule has 0 saturated heterocycles. The van der Waals surface area contributed by atoms with Gasteiger partial charge in [0, 0.05) is 10.9 Å². The van der Waals surface area contributed by atoms with Crippen molar-refractivity contribution in [1.82, 2.24) is 0 Å². The second kappa shape index (κ2) is 8.88. The van der Waals surface area contributed by atoms with Crippen LogP contribution in [0.3, 0.4) is 0 Å². The van der Waals surface area contributed by atoms with Gasteiger partial charge in [0.25, 0.3) is 0 Å². The van der Waals surface area contributed by atoms with Crippen LogP contribution in [0, 0.1) is 6.92 Å². The van der Waals surface area contributed by atoms with E-state index in [4.69, 9.17) is 9.47 Å². The summed E-state index contributed by atoms with van der Waals surface area (Å²) in [6.07, 6.45) is 0.958. The summed E-state index contributed by atoms with van der Waals surface area (Å²) in [5.74, 6) is 1.67. The van der Waals surface area contributed by atoms with Crippen LogP contribution in [0.1, 0.15) is 43.7 Å². The maximum Gasteiger partial charge on any atom is 0.311 e. The van der Waals surface area contributed by atoms with E-state index in [0.717, 1.165) is 10.2 Å². The van der Waals surface area contributed by atoms with Crippen molar-refractivity contribution in [3.8, 4) is 11.5 Å². The SMILES string of the molecule is Cc1cc(OCCCC(=O)Oc2ccc(Br)cc2)ccc1C(C)C. The van der Waals surface area contributed by atoms with Gasteiger partial charge in [0.1, 0.15) is 11.5 Å². The number of benzene rings is 2. The van der Waals surface area contributed by atoms with Gasteiger partial charge in [-0.2, -0.15) is 0 Å². The molecule has 2 rings (SSSR count). The van der Waals surface area contributed by atoms with Crippen molar-refractivity contribution >= 4 is 21.9 Å². The fourth-order valence-corrected chi connectivity index (χ4v) is 2.74. The number of carbonyl (C=O) groups is 1. The number of hydrogen-bond donors (Lipinski definition) is 0. The molecule has 0 aliphatic carbocycles. The molecule has 0 bridgehead atoms. The van der Waals surface area contributed by atoms with E-state index in [-0.39, 0.29) is 5.97 Å². The van der Waals surface area contributed by atoms with Gasteiger partial charge in [-0.25, -0.2) is 0 Å². The minimum absolute atomic E-state index is 0.243. The number of aryl methyl sites for hydroxylation is 1. The monoisotopic (exact) mass is 390 g/mol. The summed E-state index contributed by atoms with van der Waals surface area (Å²) in [6.45, 7) is 6.95. The van der Waals surface area contributed by atoms with Crippen LogP contribution >= 0.6 is 15.9 Å². The van der Waals surface area contributed by atoms with Crippen LogP contribution in [0.5, 0.6) is 11.5 Å². The maximum atomic E-state index is 11.8. The fourth-order valence-electron chi connectivity index (χ4n) is 2.48. The average Bonchev–Trinajstić information content (AvgIpc) is 2.53. The highest BCUT2D eigenvalue weighted by molar-refractivity contribution is 9.10. The molecule has 0 radical (unpaired) electrons. The molecule has 3 nitrogen and oxygen atoms in total. The lowest BCUT2D eigenvalue weighted by molar-refractivity contribution is -0.134. The van der Waals surface area contributed by atoms with Gasteiger partial charge in [0.2, 0.25) is 0 Å². The van der Waals surface area contributed by atoms with Gasteiger partial charge in [-0.15, -0.1) is 0 Å². The van der Waals surface area contributed by atoms with E-state index in [9.17, 15) is 4.79 Å². The molecule has 0 unspecified atom stereocenters. The minimum Gasteiger partial charge on any atom is -0.494 e. The Balaban J connectivity index is 1.73. The zero-order valence-electron chi connectivity index (χ0n) is 14.3. The van der Waals surface area contributed by atoms with Gasteiger partial charge in [-0.05, 0) is 66.8 Å². The van der Waals surface area contributed by atoms with Crippen LogP contribution in [0.15, 0.2) is 46.9 Å². The first-order valence-electron chi connectivity index (χ1n) is 8.15. The van der Waals surface area contributed by atoms with Gasteiger partial charge in [0.15, 0.2) is 0 Å². The third-order valence-electron chi connectivity index (χ3n) is 3.70. The third-order valence-corrected chi connectivity index (χ3v) is 4.23. The molecule has 0 fully saturated rings. The lowest BCUT2D eigenvalue weighted by Crippen LogP contribution is -2.10. The summed E-state index contributed by atoms with van der Waals surface area (Å²) in [6, 6.07) is 13.4. The summed E-state index contributed by atoms with van der Waals surface area (Å²) in [4.78, 5) is 11.8. The normalized spacial score (nSPS) is 10.7. The second-order valence-electron chi connectivity index (χ2n) is 6.05. The molecule has 0 aromatic heterocycles. The Morgan fingerprint density at radius 3 is 2.38 bits per heavy atom. The Kier molecular flexibility index (Phi) is 6.85. The number of hydrogen-bond acceptors (Lipinski definition) is 3.